The zero-order valence-corrected chi connectivity index (χ0v) is 20.4. The highest BCUT2D eigenvalue weighted by atomic mass is 19.1. The van der Waals surface area contributed by atoms with E-state index in [0.29, 0.717) is 23.6 Å². The van der Waals surface area contributed by atoms with Crippen molar-refractivity contribution in [2.75, 3.05) is 27.2 Å². The molecule has 5 aromatic heterocycles. The van der Waals surface area contributed by atoms with Gasteiger partial charge in [0, 0.05) is 35.8 Å². The summed E-state index contributed by atoms with van der Waals surface area (Å²) in [7, 11) is 3.94. The van der Waals surface area contributed by atoms with Crippen molar-refractivity contribution in [3.63, 3.8) is 0 Å². The van der Waals surface area contributed by atoms with Crippen molar-refractivity contribution in [3.05, 3.63) is 79.0 Å². The molecule has 0 spiro atoms. The van der Waals surface area contributed by atoms with E-state index in [1.165, 1.54) is 12.1 Å². The quantitative estimate of drug-likeness (QED) is 0.313. The van der Waals surface area contributed by atoms with Gasteiger partial charge in [-0.25, -0.2) is 9.37 Å². The van der Waals surface area contributed by atoms with Crippen LogP contribution in [0, 0.1) is 5.82 Å². The van der Waals surface area contributed by atoms with Gasteiger partial charge in [-0.3, -0.25) is 15.1 Å². The largest absolute Gasteiger partial charge is 0.492 e. The fraction of sp³-hybridized carbons (Fsp3) is 0.143. The number of H-pyrrole nitrogens is 2. The minimum absolute atomic E-state index is 0.356. The zero-order chi connectivity index (χ0) is 25.4. The van der Waals surface area contributed by atoms with Crippen molar-refractivity contribution >= 4 is 21.9 Å². The number of rotatable bonds is 7. The van der Waals surface area contributed by atoms with Crippen molar-refractivity contribution in [3.8, 4) is 39.7 Å². The molecule has 9 heteroatoms. The van der Waals surface area contributed by atoms with E-state index in [1.807, 2.05) is 61.5 Å². The van der Waals surface area contributed by atoms with Gasteiger partial charge < -0.3 is 14.6 Å². The number of nitrogens with zero attached hydrogens (tertiary/aromatic N) is 5. The molecular formula is C28H24FN7O. The van der Waals surface area contributed by atoms with Crippen molar-refractivity contribution in [2.24, 2.45) is 0 Å². The Bertz CT molecular complexity index is 1710. The average Bonchev–Trinajstić information content (AvgIpc) is 3.52. The Hall–Kier alpha value is -4.63. The molecule has 5 heterocycles. The molecule has 0 radical (unpaired) electrons. The first-order valence-corrected chi connectivity index (χ1v) is 11.9. The van der Waals surface area contributed by atoms with E-state index in [0.717, 1.165) is 51.2 Å². The van der Waals surface area contributed by atoms with Gasteiger partial charge in [0.1, 0.15) is 29.5 Å². The van der Waals surface area contributed by atoms with Gasteiger partial charge in [-0.05, 0) is 67.7 Å². The Morgan fingerprint density at radius 1 is 0.919 bits per heavy atom. The van der Waals surface area contributed by atoms with Crippen LogP contribution in [-0.2, 0) is 0 Å². The van der Waals surface area contributed by atoms with Gasteiger partial charge in [-0.1, -0.05) is 6.07 Å². The third-order valence-corrected chi connectivity index (χ3v) is 6.15. The Morgan fingerprint density at radius 2 is 1.84 bits per heavy atom. The number of ether oxygens (including phenoxy) is 1. The van der Waals surface area contributed by atoms with Crippen molar-refractivity contribution in [1.29, 1.82) is 0 Å². The molecule has 1 aromatic carbocycles. The van der Waals surface area contributed by atoms with Crippen LogP contribution in [0.5, 0.6) is 5.75 Å². The smallest absolute Gasteiger partial charge is 0.138 e. The third-order valence-electron chi connectivity index (χ3n) is 6.15. The molecule has 8 nitrogen and oxygen atoms in total. The first kappa shape index (κ1) is 22.8. The fourth-order valence-corrected chi connectivity index (χ4v) is 4.33. The maximum atomic E-state index is 14.5. The fourth-order valence-electron chi connectivity index (χ4n) is 4.33. The summed E-state index contributed by atoms with van der Waals surface area (Å²) in [6.45, 7) is 1.21. The average molecular weight is 494 g/mol. The number of hydrogen-bond acceptors (Lipinski definition) is 6. The van der Waals surface area contributed by atoms with E-state index in [4.69, 9.17) is 4.74 Å². The van der Waals surface area contributed by atoms with Crippen LogP contribution < -0.4 is 4.74 Å². The topological polar surface area (TPSA) is 95.6 Å². The summed E-state index contributed by atoms with van der Waals surface area (Å²) in [5.41, 5.74) is 6.13. The standard InChI is InChI=1S/C28H24FN7O/c1-36(2)9-10-37-19-12-17(11-18(29)13-19)20-6-8-31-28-21(20)14-25(33-28)27-22-15-24(23-5-3-4-7-30-23)32-16-26(22)34-35-27/h3-8,11-16H,9-10H2,1-2H3,(H,31,33)(H,34,35). The molecule has 0 aliphatic rings. The number of aromatic amines is 2. The van der Waals surface area contributed by atoms with Crippen LogP contribution in [0.4, 0.5) is 4.39 Å². The van der Waals surface area contributed by atoms with Gasteiger partial charge in [0.15, 0.2) is 0 Å². The van der Waals surface area contributed by atoms with Crippen LogP contribution in [-0.4, -0.2) is 62.3 Å². The van der Waals surface area contributed by atoms with Crippen LogP contribution in [0.2, 0.25) is 0 Å². The summed E-state index contributed by atoms with van der Waals surface area (Å²) in [4.78, 5) is 18.8. The molecule has 0 aliphatic carbocycles. The van der Waals surface area contributed by atoms with Gasteiger partial charge in [-0.2, -0.15) is 5.10 Å². The molecule has 2 N–H and O–H groups in total. The van der Waals surface area contributed by atoms with Gasteiger partial charge in [0.2, 0.25) is 0 Å². The van der Waals surface area contributed by atoms with Crippen LogP contribution in [0.3, 0.4) is 0 Å². The highest BCUT2D eigenvalue weighted by Crippen LogP contribution is 2.35. The lowest BCUT2D eigenvalue weighted by Gasteiger charge is -2.12. The predicted octanol–water partition coefficient (Wildman–Crippen LogP) is 5.31. The van der Waals surface area contributed by atoms with Crippen LogP contribution in [0.25, 0.3) is 55.8 Å². The van der Waals surface area contributed by atoms with Crippen LogP contribution >= 0.6 is 0 Å². The molecule has 0 saturated carbocycles. The highest BCUT2D eigenvalue weighted by molar-refractivity contribution is 6.00. The number of pyridine rings is 3. The van der Waals surface area contributed by atoms with E-state index in [-0.39, 0.29) is 5.82 Å². The van der Waals surface area contributed by atoms with Crippen molar-refractivity contribution in [2.45, 2.75) is 0 Å². The minimum atomic E-state index is -0.356. The second kappa shape index (κ2) is 9.44. The Kier molecular flexibility index (Phi) is 5.82. The summed E-state index contributed by atoms with van der Waals surface area (Å²) in [6, 6.07) is 16.3. The molecule has 6 aromatic rings. The molecule has 0 saturated heterocycles. The van der Waals surface area contributed by atoms with E-state index in [2.05, 4.69) is 30.1 Å². The molecule has 0 amide bonds. The maximum absolute atomic E-state index is 14.5. The highest BCUT2D eigenvalue weighted by Gasteiger charge is 2.16. The first-order chi connectivity index (χ1) is 18.0. The normalized spacial score (nSPS) is 11.6. The number of aromatic nitrogens is 6. The number of likely N-dealkylation sites (N-methyl/N-ethyl adjacent to an activating group) is 1. The Morgan fingerprint density at radius 3 is 2.68 bits per heavy atom. The van der Waals surface area contributed by atoms with Crippen molar-refractivity contribution in [1.82, 2.24) is 35.0 Å². The second-order valence-corrected chi connectivity index (χ2v) is 9.03. The number of fused-ring (bicyclic) bond motifs is 2. The number of hydrogen-bond donors (Lipinski definition) is 2. The van der Waals surface area contributed by atoms with Gasteiger partial charge in [0.05, 0.1) is 28.8 Å². The monoisotopic (exact) mass is 493 g/mol. The summed E-state index contributed by atoms with van der Waals surface area (Å²) in [5.74, 6) is 0.135. The summed E-state index contributed by atoms with van der Waals surface area (Å²) in [5, 5.41) is 9.37. The summed E-state index contributed by atoms with van der Waals surface area (Å²) >= 11 is 0. The SMILES string of the molecule is CN(C)CCOc1cc(F)cc(-c2ccnc3[nH]c(-c4n[nH]c5cnc(-c6ccccn6)cc45)cc23)c1. The zero-order valence-electron chi connectivity index (χ0n) is 20.4. The minimum Gasteiger partial charge on any atom is -0.492 e. The van der Waals surface area contributed by atoms with E-state index < -0.39 is 0 Å². The lowest BCUT2D eigenvalue weighted by molar-refractivity contribution is 0.260. The van der Waals surface area contributed by atoms with Crippen molar-refractivity contribution < 1.29 is 9.13 Å². The molecule has 0 bridgehead atoms. The lowest BCUT2D eigenvalue weighted by Crippen LogP contribution is -2.19. The van der Waals surface area contributed by atoms with E-state index in [1.54, 1.807) is 18.6 Å². The van der Waals surface area contributed by atoms with E-state index >= 15 is 0 Å². The number of nitrogens with one attached hydrogen (secondary N) is 2. The molecule has 0 unspecified atom stereocenters. The van der Waals surface area contributed by atoms with Crippen LogP contribution in [0.15, 0.2) is 73.2 Å². The molecule has 37 heavy (non-hydrogen) atoms. The summed E-state index contributed by atoms with van der Waals surface area (Å²) in [6.07, 6.45) is 5.21. The van der Waals surface area contributed by atoms with Gasteiger partial charge >= 0.3 is 0 Å². The predicted molar refractivity (Wildman–Crippen MR) is 142 cm³/mol. The first-order valence-electron chi connectivity index (χ1n) is 11.9. The molecular weight excluding hydrogens is 469 g/mol. The molecule has 0 fully saturated rings. The van der Waals surface area contributed by atoms with Gasteiger partial charge in [0.25, 0.3) is 0 Å². The second-order valence-electron chi connectivity index (χ2n) is 9.03. The van der Waals surface area contributed by atoms with Crippen LogP contribution in [0.1, 0.15) is 0 Å². The molecule has 184 valence electrons. The molecule has 0 atom stereocenters. The Labute approximate surface area is 212 Å². The molecule has 0 aliphatic heterocycles. The molecule has 6 rings (SSSR count). The maximum Gasteiger partial charge on any atom is 0.138 e. The van der Waals surface area contributed by atoms with Gasteiger partial charge in [-0.15, -0.1) is 0 Å². The summed E-state index contributed by atoms with van der Waals surface area (Å²) < 4.78 is 20.3. The van der Waals surface area contributed by atoms with E-state index in [9.17, 15) is 4.39 Å². The number of halogens is 1. The third kappa shape index (κ3) is 4.52. The Balaban J connectivity index is 1.41. The lowest BCUT2D eigenvalue weighted by atomic mass is 10.0. The number of benzene rings is 1.